The summed E-state index contributed by atoms with van der Waals surface area (Å²) in [6.45, 7) is 3.69. The summed E-state index contributed by atoms with van der Waals surface area (Å²) in [7, 11) is 0. The van der Waals surface area contributed by atoms with Crippen molar-refractivity contribution in [3.63, 3.8) is 0 Å². The van der Waals surface area contributed by atoms with Gasteiger partial charge in [-0.25, -0.2) is 0 Å². The van der Waals surface area contributed by atoms with Crippen LogP contribution < -0.4 is 5.73 Å². The normalized spacial score (nSPS) is 29.1. The smallest absolute Gasteiger partial charge is 0.223 e. The third kappa shape index (κ3) is 2.82. The molecule has 0 bridgehead atoms. The Bertz CT molecular complexity index is 263. The Kier molecular flexibility index (Phi) is 4.43. The molecule has 0 aromatic rings. The lowest BCUT2D eigenvalue weighted by Crippen LogP contribution is -2.44. The number of hydrogen-bond acceptors (Lipinski definition) is 2. The van der Waals surface area contributed by atoms with Gasteiger partial charge in [-0.2, -0.15) is 0 Å². The number of nitrogens with two attached hydrogens (primary N) is 1. The zero-order chi connectivity index (χ0) is 12.3. The highest BCUT2D eigenvalue weighted by molar-refractivity contribution is 5.77. The summed E-state index contributed by atoms with van der Waals surface area (Å²) in [5, 5.41) is 0. The van der Waals surface area contributed by atoms with Crippen molar-refractivity contribution in [3.05, 3.63) is 0 Å². The van der Waals surface area contributed by atoms with Crippen LogP contribution in [-0.2, 0) is 4.79 Å². The van der Waals surface area contributed by atoms with Crippen molar-refractivity contribution in [2.75, 3.05) is 13.1 Å². The molecule has 2 N–H and O–H groups in total. The molecule has 0 aliphatic heterocycles. The van der Waals surface area contributed by atoms with Crippen LogP contribution in [0.5, 0.6) is 0 Å². The molecular formula is C14H26N2O. The van der Waals surface area contributed by atoms with Crippen LogP contribution in [0.25, 0.3) is 0 Å². The van der Waals surface area contributed by atoms with Crippen molar-refractivity contribution in [3.8, 4) is 0 Å². The molecule has 0 radical (unpaired) electrons. The highest BCUT2D eigenvalue weighted by atomic mass is 16.2. The van der Waals surface area contributed by atoms with E-state index in [1.807, 2.05) is 0 Å². The second kappa shape index (κ2) is 5.85. The van der Waals surface area contributed by atoms with Crippen LogP contribution in [0.1, 0.15) is 51.9 Å². The van der Waals surface area contributed by atoms with E-state index < -0.39 is 0 Å². The van der Waals surface area contributed by atoms with E-state index in [4.69, 9.17) is 5.73 Å². The molecule has 2 aliphatic carbocycles. The lowest BCUT2D eigenvalue weighted by Gasteiger charge is -2.34. The Labute approximate surface area is 105 Å². The second-order valence-electron chi connectivity index (χ2n) is 5.67. The maximum Gasteiger partial charge on any atom is 0.223 e. The maximum absolute atomic E-state index is 12.3. The molecule has 2 unspecified atom stereocenters. The molecule has 0 aromatic heterocycles. The second-order valence-corrected chi connectivity index (χ2v) is 5.67. The van der Waals surface area contributed by atoms with E-state index in [1.54, 1.807) is 0 Å². The molecule has 0 heterocycles. The van der Waals surface area contributed by atoms with Gasteiger partial charge < -0.3 is 10.6 Å². The van der Waals surface area contributed by atoms with Gasteiger partial charge in [-0.05, 0) is 51.0 Å². The third-order valence-electron chi connectivity index (χ3n) is 4.67. The van der Waals surface area contributed by atoms with Gasteiger partial charge >= 0.3 is 0 Å². The molecule has 1 amide bonds. The third-order valence-corrected chi connectivity index (χ3v) is 4.67. The SMILES string of the molecule is CCN(C(=O)CC1CCC1)C1CCCC1CN. The number of carbonyl (C=O) groups is 1. The van der Waals surface area contributed by atoms with Crippen molar-refractivity contribution < 1.29 is 4.79 Å². The van der Waals surface area contributed by atoms with Crippen LogP contribution in [0.3, 0.4) is 0 Å². The number of amides is 1. The summed E-state index contributed by atoms with van der Waals surface area (Å²) >= 11 is 0. The van der Waals surface area contributed by atoms with E-state index in [9.17, 15) is 4.79 Å². The summed E-state index contributed by atoms with van der Waals surface area (Å²) < 4.78 is 0. The summed E-state index contributed by atoms with van der Waals surface area (Å²) in [6.07, 6.45) is 8.21. The molecule has 0 aromatic carbocycles. The molecular weight excluding hydrogens is 212 g/mol. The lowest BCUT2D eigenvalue weighted by molar-refractivity contribution is -0.135. The molecule has 0 spiro atoms. The Morgan fingerprint density at radius 2 is 1.94 bits per heavy atom. The highest BCUT2D eigenvalue weighted by Crippen LogP contribution is 2.33. The van der Waals surface area contributed by atoms with Crippen molar-refractivity contribution in [1.82, 2.24) is 4.90 Å². The Morgan fingerprint density at radius 3 is 2.47 bits per heavy atom. The molecule has 2 fully saturated rings. The first-order chi connectivity index (χ1) is 8.26. The van der Waals surface area contributed by atoms with Crippen LogP contribution in [0.4, 0.5) is 0 Å². The fourth-order valence-corrected chi connectivity index (χ4v) is 3.36. The molecule has 0 saturated heterocycles. The van der Waals surface area contributed by atoms with E-state index in [-0.39, 0.29) is 0 Å². The van der Waals surface area contributed by atoms with Gasteiger partial charge in [0.15, 0.2) is 0 Å². The van der Waals surface area contributed by atoms with Crippen molar-refractivity contribution in [1.29, 1.82) is 0 Å². The monoisotopic (exact) mass is 238 g/mol. The predicted octanol–water partition coefficient (Wildman–Crippen LogP) is 2.15. The minimum Gasteiger partial charge on any atom is -0.340 e. The van der Waals surface area contributed by atoms with Gasteiger partial charge in [0.1, 0.15) is 0 Å². The standard InChI is InChI=1S/C14H26N2O/c1-2-16(13-8-4-7-12(13)10-15)14(17)9-11-5-3-6-11/h11-13H,2-10,15H2,1H3. The minimum atomic E-state index is 0.377. The summed E-state index contributed by atoms with van der Waals surface area (Å²) in [4.78, 5) is 14.4. The fraction of sp³-hybridized carbons (Fsp3) is 0.929. The minimum absolute atomic E-state index is 0.377. The van der Waals surface area contributed by atoms with Crippen LogP contribution in [0, 0.1) is 11.8 Å². The zero-order valence-corrected chi connectivity index (χ0v) is 11.0. The molecule has 2 rings (SSSR count). The van der Waals surface area contributed by atoms with E-state index in [2.05, 4.69) is 11.8 Å². The quantitative estimate of drug-likeness (QED) is 0.797. The first kappa shape index (κ1) is 12.9. The first-order valence-electron chi connectivity index (χ1n) is 7.25. The van der Waals surface area contributed by atoms with Crippen molar-refractivity contribution in [2.24, 2.45) is 17.6 Å². The van der Waals surface area contributed by atoms with Crippen LogP contribution >= 0.6 is 0 Å². The van der Waals surface area contributed by atoms with Crippen LogP contribution in [-0.4, -0.2) is 29.9 Å². The molecule has 2 aliphatic rings. The maximum atomic E-state index is 12.3. The number of hydrogen-bond donors (Lipinski definition) is 1. The first-order valence-corrected chi connectivity index (χ1v) is 7.25. The molecule has 98 valence electrons. The number of rotatable bonds is 5. The summed E-state index contributed by atoms with van der Waals surface area (Å²) in [5.74, 6) is 1.59. The average molecular weight is 238 g/mol. The Morgan fingerprint density at radius 1 is 1.24 bits per heavy atom. The topological polar surface area (TPSA) is 46.3 Å². The average Bonchev–Trinajstić information content (AvgIpc) is 2.73. The van der Waals surface area contributed by atoms with Crippen LogP contribution in [0.15, 0.2) is 0 Å². The summed E-state index contributed by atoms with van der Waals surface area (Å²) in [5.41, 5.74) is 5.82. The van der Waals surface area contributed by atoms with E-state index in [1.165, 1.54) is 32.1 Å². The number of carbonyl (C=O) groups excluding carboxylic acids is 1. The van der Waals surface area contributed by atoms with Gasteiger partial charge in [-0.15, -0.1) is 0 Å². The van der Waals surface area contributed by atoms with Gasteiger partial charge in [-0.3, -0.25) is 4.79 Å². The van der Waals surface area contributed by atoms with Crippen molar-refractivity contribution >= 4 is 5.91 Å². The van der Waals surface area contributed by atoms with Gasteiger partial charge in [0.05, 0.1) is 0 Å². The molecule has 3 heteroatoms. The zero-order valence-electron chi connectivity index (χ0n) is 11.0. The van der Waals surface area contributed by atoms with E-state index in [0.29, 0.717) is 23.8 Å². The van der Waals surface area contributed by atoms with Gasteiger partial charge in [0, 0.05) is 19.0 Å². The number of nitrogens with zero attached hydrogens (tertiary/aromatic N) is 1. The largest absolute Gasteiger partial charge is 0.340 e. The highest BCUT2D eigenvalue weighted by Gasteiger charge is 2.34. The van der Waals surface area contributed by atoms with Crippen LogP contribution in [0.2, 0.25) is 0 Å². The van der Waals surface area contributed by atoms with E-state index in [0.717, 1.165) is 25.9 Å². The van der Waals surface area contributed by atoms with E-state index >= 15 is 0 Å². The Balaban J connectivity index is 1.91. The predicted molar refractivity (Wildman–Crippen MR) is 69.5 cm³/mol. The van der Waals surface area contributed by atoms with Gasteiger partial charge in [0.25, 0.3) is 0 Å². The lowest BCUT2D eigenvalue weighted by atomic mass is 9.82. The fourth-order valence-electron chi connectivity index (χ4n) is 3.36. The summed E-state index contributed by atoms with van der Waals surface area (Å²) in [6, 6.07) is 0.428. The van der Waals surface area contributed by atoms with Gasteiger partial charge in [-0.1, -0.05) is 12.8 Å². The Hall–Kier alpha value is -0.570. The molecule has 3 nitrogen and oxygen atoms in total. The molecule has 17 heavy (non-hydrogen) atoms. The van der Waals surface area contributed by atoms with Crippen molar-refractivity contribution in [2.45, 2.75) is 57.9 Å². The molecule has 2 saturated carbocycles. The van der Waals surface area contributed by atoms with Gasteiger partial charge in [0.2, 0.25) is 5.91 Å². The molecule has 2 atom stereocenters.